The molecule has 37 heavy (non-hydrogen) atoms. The highest BCUT2D eigenvalue weighted by Crippen LogP contribution is 2.27. The summed E-state index contributed by atoms with van der Waals surface area (Å²) in [7, 11) is 1.59. The van der Waals surface area contributed by atoms with E-state index in [0.29, 0.717) is 50.8 Å². The molecule has 0 spiro atoms. The van der Waals surface area contributed by atoms with E-state index in [1.54, 1.807) is 36.9 Å². The SMILES string of the molecule is CCOC(=O)c1cc(-c2ccc(N3CCN(C(=O)COCCOC)CC3)cc2)n(-c2cccc(F)c2)n1. The summed E-state index contributed by atoms with van der Waals surface area (Å²) in [5.41, 5.74) is 3.13. The molecule has 2 aromatic carbocycles. The zero-order chi connectivity index (χ0) is 26.2. The number of amides is 1. The fourth-order valence-electron chi connectivity index (χ4n) is 4.15. The Morgan fingerprint density at radius 1 is 0.973 bits per heavy atom. The van der Waals surface area contributed by atoms with Crippen LogP contribution in [-0.2, 0) is 19.0 Å². The predicted octanol–water partition coefficient (Wildman–Crippen LogP) is 3.17. The molecule has 3 aromatic rings. The van der Waals surface area contributed by atoms with Gasteiger partial charge in [-0.3, -0.25) is 4.79 Å². The van der Waals surface area contributed by atoms with E-state index in [1.807, 2.05) is 29.2 Å². The highest BCUT2D eigenvalue weighted by molar-refractivity contribution is 5.89. The van der Waals surface area contributed by atoms with Gasteiger partial charge in [0.25, 0.3) is 0 Å². The first-order valence-corrected chi connectivity index (χ1v) is 12.2. The van der Waals surface area contributed by atoms with Crippen LogP contribution in [0.15, 0.2) is 54.6 Å². The van der Waals surface area contributed by atoms with Crippen molar-refractivity contribution in [1.82, 2.24) is 14.7 Å². The van der Waals surface area contributed by atoms with Crippen LogP contribution in [0.2, 0.25) is 0 Å². The van der Waals surface area contributed by atoms with Crippen molar-refractivity contribution in [3.63, 3.8) is 0 Å². The minimum absolute atomic E-state index is 0.0193. The lowest BCUT2D eigenvalue weighted by molar-refractivity contribution is -0.136. The number of carbonyl (C=O) groups is 2. The van der Waals surface area contributed by atoms with E-state index in [9.17, 15) is 14.0 Å². The van der Waals surface area contributed by atoms with Crippen LogP contribution in [0.1, 0.15) is 17.4 Å². The number of ether oxygens (including phenoxy) is 3. The van der Waals surface area contributed by atoms with Gasteiger partial charge in [0.05, 0.1) is 31.2 Å². The van der Waals surface area contributed by atoms with E-state index in [2.05, 4.69) is 10.00 Å². The molecule has 9 nitrogen and oxygen atoms in total. The highest BCUT2D eigenvalue weighted by atomic mass is 19.1. The van der Waals surface area contributed by atoms with Crippen molar-refractivity contribution in [2.24, 2.45) is 0 Å². The van der Waals surface area contributed by atoms with Gasteiger partial charge in [0.1, 0.15) is 12.4 Å². The molecule has 1 aliphatic rings. The monoisotopic (exact) mass is 510 g/mol. The van der Waals surface area contributed by atoms with Crippen molar-refractivity contribution in [3.05, 3.63) is 66.1 Å². The Kier molecular flexibility index (Phi) is 8.86. The average Bonchev–Trinajstić information content (AvgIpc) is 3.37. The summed E-state index contributed by atoms with van der Waals surface area (Å²) in [4.78, 5) is 28.7. The van der Waals surface area contributed by atoms with Crippen LogP contribution in [0, 0.1) is 5.82 Å². The smallest absolute Gasteiger partial charge is 0.358 e. The molecule has 1 saturated heterocycles. The molecule has 4 rings (SSSR count). The minimum atomic E-state index is -0.535. The molecule has 0 radical (unpaired) electrons. The topological polar surface area (TPSA) is 86.1 Å². The first kappa shape index (κ1) is 26.3. The van der Waals surface area contributed by atoms with Crippen molar-refractivity contribution in [3.8, 4) is 16.9 Å². The van der Waals surface area contributed by atoms with Crippen LogP contribution in [0.5, 0.6) is 0 Å². The molecule has 0 atom stereocenters. The lowest BCUT2D eigenvalue weighted by Gasteiger charge is -2.36. The van der Waals surface area contributed by atoms with E-state index in [4.69, 9.17) is 14.2 Å². The third-order valence-corrected chi connectivity index (χ3v) is 6.06. The van der Waals surface area contributed by atoms with Crippen molar-refractivity contribution in [1.29, 1.82) is 0 Å². The predicted molar refractivity (Wildman–Crippen MR) is 136 cm³/mol. The number of nitrogens with zero attached hydrogens (tertiary/aromatic N) is 4. The zero-order valence-corrected chi connectivity index (χ0v) is 21.1. The lowest BCUT2D eigenvalue weighted by Crippen LogP contribution is -2.49. The van der Waals surface area contributed by atoms with E-state index in [1.165, 1.54) is 12.1 Å². The van der Waals surface area contributed by atoms with Crippen LogP contribution in [0.3, 0.4) is 0 Å². The van der Waals surface area contributed by atoms with Crippen molar-refractivity contribution >= 4 is 17.6 Å². The second-order valence-electron chi connectivity index (χ2n) is 8.49. The summed E-state index contributed by atoms with van der Waals surface area (Å²) in [5.74, 6) is -0.952. The van der Waals surface area contributed by atoms with Gasteiger partial charge in [-0.2, -0.15) is 5.10 Å². The first-order chi connectivity index (χ1) is 18.0. The number of esters is 1. The molecule has 2 heterocycles. The molecule has 0 unspecified atom stereocenters. The molecule has 1 aliphatic heterocycles. The van der Waals surface area contributed by atoms with E-state index < -0.39 is 11.8 Å². The zero-order valence-electron chi connectivity index (χ0n) is 21.1. The molecule has 196 valence electrons. The normalized spacial score (nSPS) is 13.6. The summed E-state index contributed by atoms with van der Waals surface area (Å²) in [6.07, 6.45) is 0. The summed E-state index contributed by atoms with van der Waals surface area (Å²) in [6, 6.07) is 15.6. The number of hydrogen-bond donors (Lipinski definition) is 0. The summed E-state index contributed by atoms with van der Waals surface area (Å²) < 4.78 is 30.9. The molecule has 1 fully saturated rings. The second kappa shape index (κ2) is 12.5. The number of carbonyl (C=O) groups excluding carboxylic acids is 2. The fraction of sp³-hybridized carbons (Fsp3) is 0.370. The molecule has 1 amide bonds. The lowest BCUT2D eigenvalue weighted by atomic mass is 10.1. The number of hydrogen-bond acceptors (Lipinski definition) is 7. The van der Waals surface area contributed by atoms with Crippen LogP contribution in [-0.4, -0.2) is 86.3 Å². The van der Waals surface area contributed by atoms with Crippen LogP contribution < -0.4 is 4.90 Å². The Morgan fingerprint density at radius 2 is 1.73 bits per heavy atom. The largest absolute Gasteiger partial charge is 0.461 e. The third kappa shape index (κ3) is 6.52. The van der Waals surface area contributed by atoms with Crippen LogP contribution in [0.25, 0.3) is 16.9 Å². The van der Waals surface area contributed by atoms with Gasteiger partial charge in [-0.25, -0.2) is 13.9 Å². The van der Waals surface area contributed by atoms with Crippen LogP contribution >= 0.6 is 0 Å². The maximum absolute atomic E-state index is 13.9. The minimum Gasteiger partial charge on any atom is -0.461 e. The Bertz CT molecular complexity index is 1210. The van der Waals surface area contributed by atoms with Gasteiger partial charge >= 0.3 is 5.97 Å². The summed E-state index contributed by atoms with van der Waals surface area (Å²) in [6.45, 7) is 5.52. The molecule has 1 aromatic heterocycles. The van der Waals surface area contributed by atoms with Gasteiger partial charge in [0, 0.05) is 44.5 Å². The van der Waals surface area contributed by atoms with Gasteiger partial charge in [0.2, 0.25) is 5.91 Å². The van der Waals surface area contributed by atoms with Crippen molar-refractivity contribution < 1.29 is 28.2 Å². The number of anilines is 1. The van der Waals surface area contributed by atoms with Gasteiger partial charge in [0.15, 0.2) is 5.69 Å². The Labute approximate surface area is 215 Å². The standard InChI is InChI=1S/C27H31FN4O5/c1-3-37-27(34)24-18-25(32(29-24)23-6-4-5-21(28)17-23)20-7-9-22(10-8-20)30-11-13-31(14-12-30)26(33)19-36-16-15-35-2/h4-10,17-18H,3,11-16,19H2,1-2H3. The second-order valence-corrected chi connectivity index (χ2v) is 8.49. The molecule has 0 aliphatic carbocycles. The molecule has 0 saturated carbocycles. The maximum atomic E-state index is 13.9. The summed E-state index contributed by atoms with van der Waals surface area (Å²) in [5, 5.41) is 4.40. The molecule has 0 N–H and O–H groups in total. The third-order valence-electron chi connectivity index (χ3n) is 6.06. The fourth-order valence-corrected chi connectivity index (χ4v) is 4.15. The summed E-state index contributed by atoms with van der Waals surface area (Å²) >= 11 is 0. The number of rotatable bonds is 10. The highest BCUT2D eigenvalue weighted by Gasteiger charge is 2.22. The Balaban J connectivity index is 1.47. The van der Waals surface area contributed by atoms with Gasteiger partial charge < -0.3 is 24.0 Å². The van der Waals surface area contributed by atoms with E-state index >= 15 is 0 Å². The van der Waals surface area contributed by atoms with E-state index in [0.717, 1.165) is 11.3 Å². The van der Waals surface area contributed by atoms with Gasteiger partial charge in [-0.1, -0.05) is 18.2 Å². The number of halogens is 1. The van der Waals surface area contributed by atoms with Gasteiger partial charge in [-0.15, -0.1) is 0 Å². The number of aromatic nitrogens is 2. The Morgan fingerprint density at radius 3 is 2.41 bits per heavy atom. The molecular formula is C27H31FN4O5. The molecule has 10 heteroatoms. The average molecular weight is 511 g/mol. The van der Waals surface area contributed by atoms with Crippen molar-refractivity contribution in [2.45, 2.75) is 6.92 Å². The Hall–Kier alpha value is -3.76. The van der Waals surface area contributed by atoms with Gasteiger partial charge in [-0.05, 0) is 43.3 Å². The van der Waals surface area contributed by atoms with Crippen LogP contribution in [0.4, 0.5) is 10.1 Å². The number of piperazine rings is 1. The number of methoxy groups -OCH3 is 1. The van der Waals surface area contributed by atoms with E-state index in [-0.39, 0.29) is 24.8 Å². The quantitative estimate of drug-likeness (QED) is 0.306. The van der Waals surface area contributed by atoms with Crippen molar-refractivity contribution in [2.75, 3.05) is 64.6 Å². The first-order valence-electron chi connectivity index (χ1n) is 12.2. The number of benzene rings is 2. The molecular weight excluding hydrogens is 479 g/mol. The maximum Gasteiger partial charge on any atom is 0.358 e. The molecule has 0 bridgehead atoms.